The van der Waals surface area contributed by atoms with Crippen LogP contribution in [0.15, 0.2) is 4.99 Å². The van der Waals surface area contributed by atoms with E-state index >= 15 is 0 Å². The number of hydrogen-bond acceptors (Lipinski definition) is 1. The second-order valence-electron chi connectivity index (χ2n) is 4.26. The molecule has 0 aliphatic heterocycles. The Hall–Kier alpha value is -0.240. The zero-order chi connectivity index (χ0) is 9.47. The average molecular weight is 201 g/mol. The second kappa shape index (κ2) is 3.16. The molecule has 0 heterocycles. The van der Waals surface area contributed by atoms with Gasteiger partial charge in [0.05, 0.1) is 0 Å². The SMILES string of the molecule is CN=C(NC)[C@@]1(Cl)C[C@H]2CC[C@H]1C2. The first-order chi connectivity index (χ1) is 6.20. The number of hydrogen-bond donors (Lipinski definition) is 1. The van der Waals surface area contributed by atoms with E-state index in [1.165, 1.54) is 19.3 Å². The fourth-order valence-corrected chi connectivity index (χ4v) is 3.65. The van der Waals surface area contributed by atoms with Crippen LogP contribution in [0.3, 0.4) is 0 Å². The highest BCUT2D eigenvalue weighted by Crippen LogP contribution is 2.54. The van der Waals surface area contributed by atoms with E-state index in [1.54, 1.807) is 0 Å². The van der Waals surface area contributed by atoms with Gasteiger partial charge in [0.15, 0.2) is 0 Å². The minimum Gasteiger partial charge on any atom is -0.375 e. The molecule has 0 saturated heterocycles. The fourth-order valence-electron chi connectivity index (χ4n) is 3.06. The van der Waals surface area contributed by atoms with Gasteiger partial charge in [-0.3, -0.25) is 4.99 Å². The Morgan fingerprint density at radius 3 is 2.69 bits per heavy atom. The van der Waals surface area contributed by atoms with Gasteiger partial charge in [0.2, 0.25) is 0 Å². The summed E-state index contributed by atoms with van der Waals surface area (Å²) in [6.45, 7) is 0. The number of amidine groups is 1. The number of fused-ring (bicyclic) bond motifs is 2. The van der Waals surface area contributed by atoms with Crippen molar-refractivity contribution in [2.45, 2.75) is 30.6 Å². The van der Waals surface area contributed by atoms with Crippen molar-refractivity contribution in [3.63, 3.8) is 0 Å². The standard InChI is InChI=1S/C10H17ClN2/c1-12-9(13-2)10(11)6-7-3-4-8(10)5-7/h7-8H,3-6H2,1-2H3,(H,12,13)/t7-,8-,10+/m0/s1. The van der Waals surface area contributed by atoms with Crippen molar-refractivity contribution in [2.24, 2.45) is 16.8 Å². The summed E-state index contributed by atoms with van der Waals surface area (Å²) in [5.74, 6) is 2.50. The maximum atomic E-state index is 6.64. The highest BCUT2D eigenvalue weighted by molar-refractivity contribution is 6.36. The Bertz CT molecular complexity index is 239. The summed E-state index contributed by atoms with van der Waals surface area (Å²) in [5.41, 5.74) is 0. The molecule has 0 amide bonds. The van der Waals surface area contributed by atoms with Gasteiger partial charge in [0.1, 0.15) is 10.7 Å². The summed E-state index contributed by atoms with van der Waals surface area (Å²) in [5, 5.41) is 3.14. The number of nitrogens with one attached hydrogen (secondary N) is 1. The normalized spacial score (nSPS) is 44.1. The number of nitrogens with zero attached hydrogens (tertiary/aromatic N) is 1. The first-order valence-corrected chi connectivity index (χ1v) is 5.42. The van der Waals surface area contributed by atoms with Crippen LogP contribution in [0, 0.1) is 11.8 Å². The van der Waals surface area contributed by atoms with Crippen molar-refractivity contribution in [1.29, 1.82) is 0 Å². The molecule has 2 bridgehead atoms. The quantitative estimate of drug-likeness (QED) is 0.391. The summed E-state index contributed by atoms with van der Waals surface area (Å²) in [4.78, 5) is 4.09. The van der Waals surface area contributed by atoms with Gasteiger partial charge in [-0.15, -0.1) is 11.6 Å². The van der Waals surface area contributed by atoms with Gasteiger partial charge in [-0.25, -0.2) is 0 Å². The minimum absolute atomic E-state index is 0.160. The summed E-state index contributed by atoms with van der Waals surface area (Å²) >= 11 is 6.64. The molecule has 3 heteroatoms. The third-order valence-corrected chi connectivity index (χ3v) is 4.27. The van der Waals surface area contributed by atoms with Crippen LogP contribution in [0.5, 0.6) is 0 Å². The van der Waals surface area contributed by atoms with E-state index in [1.807, 2.05) is 14.1 Å². The molecule has 2 aliphatic carbocycles. The molecule has 0 spiro atoms. The molecule has 0 radical (unpaired) electrons. The number of halogens is 1. The van der Waals surface area contributed by atoms with Crippen molar-refractivity contribution in [3.05, 3.63) is 0 Å². The van der Waals surface area contributed by atoms with E-state index in [9.17, 15) is 0 Å². The smallest absolute Gasteiger partial charge is 0.117 e. The fraction of sp³-hybridized carbons (Fsp3) is 0.900. The molecule has 13 heavy (non-hydrogen) atoms. The van der Waals surface area contributed by atoms with Gasteiger partial charge in [-0.1, -0.05) is 6.42 Å². The molecule has 0 aromatic heterocycles. The highest BCUT2D eigenvalue weighted by atomic mass is 35.5. The van der Waals surface area contributed by atoms with E-state index in [0.717, 1.165) is 18.2 Å². The van der Waals surface area contributed by atoms with Crippen LogP contribution in [-0.2, 0) is 0 Å². The monoisotopic (exact) mass is 200 g/mol. The third-order valence-electron chi connectivity index (χ3n) is 3.63. The summed E-state index contributed by atoms with van der Waals surface area (Å²) < 4.78 is 0. The van der Waals surface area contributed by atoms with Crippen molar-refractivity contribution in [1.82, 2.24) is 5.32 Å². The largest absolute Gasteiger partial charge is 0.375 e. The van der Waals surface area contributed by atoms with E-state index in [4.69, 9.17) is 11.6 Å². The first kappa shape index (κ1) is 9.32. The molecule has 2 fully saturated rings. The van der Waals surface area contributed by atoms with Crippen molar-refractivity contribution < 1.29 is 0 Å². The van der Waals surface area contributed by atoms with Crippen LogP contribution in [-0.4, -0.2) is 24.8 Å². The average Bonchev–Trinajstić information content (AvgIpc) is 2.65. The van der Waals surface area contributed by atoms with Gasteiger partial charge < -0.3 is 5.32 Å². The Labute approximate surface area is 84.8 Å². The lowest BCUT2D eigenvalue weighted by atomic mass is 9.87. The predicted molar refractivity (Wildman–Crippen MR) is 56.5 cm³/mol. The molecule has 2 aliphatic rings. The zero-order valence-corrected chi connectivity index (χ0v) is 9.06. The number of alkyl halides is 1. The maximum absolute atomic E-state index is 6.64. The van der Waals surface area contributed by atoms with Gasteiger partial charge in [0.25, 0.3) is 0 Å². The Morgan fingerprint density at radius 2 is 2.31 bits per heavy atom. The molecule has 74 valence electrons. The molecule has 2 nitrogen and oxygen atoms in total. The van der Waals surface area contributed by atoms with Crippen LogP contribution in [0.1, 0.15) is 25.7 Å². The van der Waals surface area contributed by atoms with Crippen LogP contribution >= 0.6 is 11.6 Å². The lowest BCUT2D eigenvalue weighted by Gasteiger charge is -2.32. The molecule has 0 aromatic rings. The molecule has 2 rings (SSSR count). The molecular formula is C10H17ClN2. The van der Waals surface area contributed by atoms with E-state index < -0.39 is 0 Å². The molecule has 0 unspecified atom stereocenters. The molecule has 0 aromatic carbocycles. The predicted octanol–water partition coefficient (Wildman–Crippen LogP) is 2.03. The lowest BCUT2D eigenvalue weighted by Crippen LogP contribution is -2.44. The Kier molecular flexibility index (Phi) is 2.26. The first-order valence-electron chi connectivity index (χ1n) is 5.04. The maximum Gasteiger partial charge on any atom is 0.117 e. The Morgan fingerprint density at radius 1 is 1.54 bits per heavy atom. The lowest BCUT2D eigenvalue weighted by molar-refractivity contribution is 0.434. The Balaban J connectivity index is 2.21. The third kappa shape index (κ3) is 1.26. The van der Waals surface area contributed by atoms with E-state index in [-0.39, 0.29) is 4.87 Å². The second-order valence-corrected chi connectivity index (χ2v) is 4.94. The van der Waals surface area contributed by atoms with Gasteiger partial charge in [0, 0.05) is 14.1 Å². The number of rotatable bonds is 1. The summed E-state index contributed by atoms with van der Waals surface area (Å²) in [6.07, 6.45) is 5.09. The molecular weight excluding hydrogens is 184 g/mol. The highest BCUT2D eigenvalue weighted by Gasteiger charge is 2.52. The molecule has 2 saturated carbocycles. The number of aliphatic imine (C=N–C) groups is 1. The van der Waals surface area contributed by atoms with Crippen LogP contribution in [0.25, 0.3) is 0 Å². The summed E-state index contributed by atoms with van der Waals surface area (Å²) in [7, 11) is 3.74. The van der Waals surface area contributed by atoms with Crippen LogP contribution < -0.4 is 5.32 Å². The zero-order valence-electron chi connectivity index (χ0n) is 8.31. The molecule has 3 atom stereocenters. The summed E-state index contributed by atoms with van der Waals surface area (Å²) in [6, 6.07) is 0. The van der Waals surface area contributed by atoms with Gasteiger partial charge in [-0.2, -0.15) is 0 Å². The van der Waals surface area contributed by atoms with Gasteiger partial charge in [-0.05, 0) is 31.1 Å². The topological polar surface area (TPSA) is 24.4 Å². The van der Waals surface area contributed by atoms with Crippen molar-refractivity contribution in [3.8, 4) is 0 Å². The minimum atomic E-state index is -0.160. The van der Waals surface area contributed by atoms with E-state index in [2.05, 4.69) is 10.3 Å². The van der Waals surface area contributed by atoms with Gasteiger partial charge >= 0.3 is 0 Å². The van der Waals surface area contributed by atoms with E-state index in [0.29, 0.717) is 5.92 Å². The van der Waals surface area contributed by atoms with Crippen molar-refractivity contribution >= 4 is 17.4 Å². The van der Waals surface area contributed by atoms with Crippen molar-refractivity contribution in [2.75, 3.05) is 14.1 Å². The van der Waals surface area contributed by atoms with Crippen LogP contribution in [0.2, 0.25) is 0 Å². The molecule has 1 N–H and O–H groups in total. The van der Waals surface area contributed by atoms with Crippen LogP contribution in [0.4, 0.5) is 0 Å².